The molecule has 0 radical (unpaired) electrons. The Kier molecular flexibility index (Phi) is 2.63. The zero-order valence-corrected chi connectivity index (χ0v) is 9.92. The molecule has 0 saturated carbocycles. The van der Waals surface area contributed by atoms with Crippen LogP contribution in [0.4, 0.5) is 10.1 Å². The SMILES string of the molecule is CC1=CC(=O)N(c2ccc(Br)c(F)c2)C1=O. The highest BCUT2D eigenvalue weighted by Gasteiger charge is 2.29. The third-order valence-corrected chi connectivity index (χ3v) is 2.91. The van der Waals surface area contributed by atoms with Crippen molar-refractivity contribution in [2.45, 2.75) is 6.92 Å². The van der Waals surface area contributed by atoms with Gasteiger partial charge in [0.15, 0.2) is 0 Å². The van der Waals surface area contributed by atoms with Crippen LogP contribution in [0.5, 0.6) is 0 Å². The van der Waals surface area contributed by atoms with Gasteiger partial charge < -0.3 is 0 Å². The number of hydrogen-bond acceptors (Lipinski definition) is 2. The first-order valence-electron chi connectivity index (χ1n) is 4.52. The quantitative estimate of drug-likeness (QED) is 0.743. The van der Waals surface area contributed by atoms with Crippen molar-refractivity contribution in [3.8, 4) is 0 Å². The van der Waals surface area contributed by atoms with Crippen LogP contribution in [-0.2, 0) is 9.59 Å². The summed E-state index contributed by atoms with van der Waals surface area (Å²) in [5.74, 6) is -1.36. The molecule has 0 atom stereocenters. The second-order valence-electron chi connectivity index (χ2n) is 3.40. The van der Waals surface area contributed by atoms with Gasteiger partial charge in [0, 0.05) is 11.6 Å². The molecule has 0 N–H and O–H groups in total. The van der Waals surface area contributed by atoms with Crippen molar-refractivity contribution in [3.63, 3.8) is 0 Å². The zero-order chi connectivity index (χ0) is 11.9. The van der Waals surface area contributed by atoms with Gasteiger partial charge in [0.1, 0.15) is 5.82 Å². The third kappa shape index (κ3) is 1.67. The van der Waals surface area contributed by atoms with Crippen LogP contribution in [0.1, 0.15) is 6.92 Å². The van der Waals surface area contributed by atoms with Crippen molar-refractivity contribution in [2.75, 3.05) is 4.90 Å². The Morgan fingerprint density at radius 3 is 2.50 bits per heavy atom. The molecule has 0 fully saturated rings. The average molecular weight is 284 g/mol. The number of carbonyl (C=O) groups is 2. The minimum absolute atomic E-state index is 0.240. The predicted molar refractivity (Wildman–Crippen MR) is 60.4 cm³/mol. The van der Waals surface area contributed by atoms with Crippen LogP contribution in [0.2, 0.25) is 0 Å². The highest BCUT2D eigenvalue weighted by Crippen LogP contribution is 2.26. The van der Waals surface area contributed by atoms with E-state index < -0.39 is 17.6 Å². The number of nitrogens with zero attached hydrogens (tertiary/aromatic N) is 1. The molecule has 1 aliphatic rings. The van der Waals surface area contributed by atoms with Crippen LogP contribution in [0.15, 0.2) is 34.3 Å². The van der Waals surface area contributed by atoms with Crippen LogP contribution >= 0.6 is 15.9 Å². The largest absolute Gasteiger partial charge is 0.269 e. The Balaban J connectivity index is 2.43. The maximum Gasteiger partial charge on any atom is 0.261 e. The summed E-state index contributed by atoms with van der Waals surface area (Å²) in [6, 6.07) is 4.11. The van der Waals surface area contributed by atoms with Gasteiger partial charge in [0.2, 0.25) is 0 Å². The van der Waals surface area contributed by atoms with E-state index in [4.69, 9.17) is 0 Å². The van der Waals surface area contributed by atoms with E-state index >= 15 is 0 Å². The fraction of sp³-hybridized carbons (Fsp3) is 0.0909. The van der Waals surface area contributed by atoms with E-state index in [0.29, 0.717) is 10.0 Å². The maximum atomic E-state index is 13.3. The molecule has 82 valence electrons. The normalized spacial score (nSPS) is 15.7. The first-order chi connectivity index (χ1) is 7.50. The number of imide groups is 1. The van der Waals surface area contributed by atoms with E-state index in [9.17, 15) is 14.0 Å². The van der Waals surface area contributed by atoms with E-state index in [1.165, 1.54) is 18.2 Å². The topological polar surface area (TPSA) is 37.4 Å². The predicted octanol–water partition coefficient (Wildman–Crippen LogP) is 2.41. The van der Waals surface area contributed by atoms with Crippen molar-refractivity contribution in [2.24, 2.45) is 0 Å². The summed E-state index contributed by atoms with van der Waals surface area (Å²) >= 11 is 3.00. The number of halogens is 2. The number of benzene rings is 1. The second-order valence-corrected chi connectivity index (χ2v) is 4.26. The maximum absolute atomic E-state index is 13.3. The van der Waals surface area contributed by atoms with Gasteiger partial charge in [0.25, 0.3) is 11.8 Å². The fourth-order valence-corrected chi connectivity index (χ4v) is 1.70. The second kappa shape index (κ2) is 3.83. The van der Waals surface area contributed by atoms with Crippen molar-refractivity contribution < 1.29 is 14.0 Å². The molecule has 1 heterocycles. The van der Waals surface area contributed by atoms with E-state index in [-0.39, 0.29) is 5.69 Å². The van der Waals surface area contributed by atoms with Gasteiger partial charge in [-0.3, -0.25) is 9.59 Å². The van der Waals surface area contributed by atoms with Crippen LogP contribution < -0.4 is 4.90 Å². The molecule has 0 saturated heterocycles. The highest BCUT2D eigenvalue weighted by molar-refractivity contribution is 9.10. The Bertz CT molecular complexity index is 525. The lowest BCUT2D eigenvalue weighted by Crippen LogP contribution is -2.30. The van der Waals surface area contributed by atoms with Gasteiger partial charge in [-0.25, -0.2) is 9.29 Å². The third-order valence-electron chi connectivity index (χ3n) is 2.26. The van der Waals surface area contributed by atoms with Gasteiger partial charge in [-0.15, -0.1) is 0 Å². The van der Waals surface area contributed by atoms with Gasteiger partial charge in [0.05, 0.1) is 10.2 Å². The first kappa shape index (κ1) is 11.0. The van der Waals surface area contributed by atoms with E-state index in [1.54, 1.807) is 6.92 Å². The molecule has 5 heteroatoms. The molecular weight excluding hydrogens is 277 g/mol. The van der Waals surface area contributed by atoms with Gasteiger partial charge in [-0.1, -0.05) is 0 Å². The van der Waals surface area contributed by atoms with Gasteiger partial charge in [-0.05, 0) is 41.1 Å². The van der Waals surface area contributed by atoms with Crippen LogP contribution in [-0.4, -0.2) is 11.8 Å². The van der Waals surface area contributed by atoms with Crippen molar-refractivity contribution in [3.05, 3.63) is 40.1 Å². The fourth-order valence-electron chi connectivity index (χ4n) is 1.46. The van der Waals surface area contributed by atoms with Crippen molar-refractivity contribution in [1.29, 1.82) is 0 Å². The lowest BCUT2D eigenvalue weighted by molar-refractivity contribution is -0.120. The lowest BCUT2D eigenvalue weighted by atomic mass is 10.2. The van der Waals surface area contributed by atoms with Crippen molar-refractivity contribution in [1.82, 2.24) is 0 Å². The molecule has 3 nitrogen and oxygen atoms in total. The highest BCUT2D eigenvalue weighted by atomic mass is 79.9. The number of anilines is 1. The molecule has 0 aromatic heterocycles. The number of rotatable bonds is 1. The molecule has 0 unspecified atom stereocenters. The van der Waals surface area contributed by atoms with Gasteiger partial charge in [-0.2, -0.15) is 0 Å². The molecule has 16 heavy (non-hydrogen) atoms. The van der Waals surface area contributed by atoms with Crippen molar-refractivity contribution >= 4 is 33.4 Å². The smallest absolute Gasteiger partial charge is 0.261 e. The Labute approximate surface area is 99.7 Å². The summed E-state index contributed by atoms with van der Waals surface area (Å²) in [4.78, 5) is 24.1. The molecule has 1 aromatic carbocycles. The number of amides is 2. The van der Waals surface area contributed by atoms with Crippen LogP contribution in [0, 0.1) is 5.82 Å². The summed E-state index contributed by atoms with van der Waals surface area (Å²) in [6.45, 7) is 1.55. The summed E-state index contributed by atoms with van der Waals surface area (Å²) in [7, 11) is 0. The summed E-state index contributed by atoms with van der Waals surface area (Å²) < 4.78 is 13.6. The molecule has 0 aliphatic carbocycles. The molecule has 2 amide bonds. The van der Waals surface area contributed by atoms with Crippen LogP contribution in [0.25, 0.3) is 0 Å². The van der Waals surface area contributed by atoms with E-state index in [1.807, 2.05) is 0 Å². The van der Waals surface area contributed by atoms with Crippen LogP contribution in [0.3, 0.4) is 0 Å². The Morgan fingerprint density at radius 2 is 2.00 bits per heavy atom. The number of hydrogen-bond donors (Lipinski definition) is 0. The minimum atomic E-state index is -0.511. The number of carbonyl (C=O) groups excluding carboxylic acids is 2. The summed E-state index contributed by atoms with van der Waals surface area (Å²) in [5.41, 5.74) is 0.595. The minimum Gasteiger partial charge on any atom is -0.269 e. The summed E-state index contributed by atoms with van der Waals surface area (Å²) in [5, 5.41) is 0. The molecular formula is C11H7BrFNO2. The Morgan fingerprint density at radius 1 is 1.31 bits per heavy atom. The Hall–Kier alpha value is -1.49. The van der Waals surface area contributed by atoms with Gasteiger partial charge >= 0.3 is 0 Å². The molecule has 1 aromatic rings. The standard InChI is InChI=1S/C11H7BrFNO2/c1-6-4-10(15)14(11(6)16)7-2-3-8(12)9(13)5-7/h2-5H,1H3. The summed E-state index contributed by atoms with van der Waals surface area (Å²) in [6.07, 6.45) is 1.24. The molecule has 0 bridgehead atoms. The zero-order valence-electron chi connectivity index (χ0n) is 8.33. The van der Waals surface area contributed by atoms with E-state index in [0.717, 1.165) is 11.0 Å². The lowest BCUT2D eigenvalue weighted by Gasteiger charge is -2.14. The van der Waals surface area contributed by atoms with E-state index in [2.05, 4.69) is 15.9 Å². The molecule has 0 spiro atoms. The monoisotopic (exact) mass is 283 g/mol. The first-order valence-corrected chi connectivity index (χ1v) is 5.32. The molecule has 2 rings (SSSR count). The average Bonchev–Trinajstić information content (AvgIpc) is 2.47. The molecule has 1 aliphatic heterocycles.